The Morgan fingerprint density at radius 2 is 1.88 bits per heavy atom. The molecule has 4 nitrogen and oxygen atoms in total. The van der Waals surface area contributed by atoms with Crippen molar-refractivity contribution in [2.75, 3.05) is 32.8 Å². The minimum atomic E-state index is -0.0580. The molecule has 1 rings (SSSR count). The molecule has 0 aromatic carbocycles. The Hall–Kier alpha value is 0.210. The summed E-state index contributed by atoms with van der Waals surface area (Å²) in [6.07, 6.45) is 12.9. The summed E-state index contributed by atoms with van der Waals surface area (Å²) < 4.78 is 7.51. The Morgan fingerprint density at radius 1 is 1.20 bits per heavy atom. The minimum Gasteiger partial charge on any atom is -0.466 e. The Labute approximate surface area is 170 Å². The third kappa shape index (κ3) is 10.8. The van der Waals surface area contributed by atoms with E-state index in [1.165, 1.54) is 44.9 Å². The van der Waals surface area contributed by atoms with Gasteiger partial charge in [-0.25, -0.2) is 4.31 Å². The summed E-state index contributed by atoms with van der Waals surface area (Å²) in [4.78, 5) is 14.4. The molecule has 25 heavy (non-hydrogen) atoms. The number of unbranched alkanes of at least 4 members (excludes halogenated alkanes) is 7. The molecule has 0 amide bonds. The van der Waals surface area contributed by atoms with Crippen LogP contribution in [0.4, 0.5) is 0 Å². The lowest BCUT2D eigenvalue weighted by molar-refractivity contribution is -0.145. The van der Waals surface area contributed by atoms with Gasteiger partial charge < -0.3 is 4.74 Å². The SMILES string of the molecule is C=CCCCCCCCCCN1CCN(SI)CC1CC(=O)OCC. The van der Waals surface area contributed by atoms with Gasteiger partial charge in [-0.3, -0.25) is 9.69 Å². The number of hydrogen-bond donors (Lipinski definition) is 0. The van der Waals surface area contributed by atoms with E-state index in [9.17, 15) is 4.79 Å². The van der Waals surface area contributed by atoms with Crippen molar-refractivity contribution in [3.63, 3.8) is 0 Å². The highest BCUT2D eigenvalue weighted by atomic mass is 127. The molecule has 1 aliphatic rings. The van der Waals surface area contributed by atoms with Crippen molar-refractivity contribution in [1.82, 2.24) is 9.21 Å². The molecule has 1 heterocycles. The second-order valence-electron chi connectivity index (χ2n) is 6.71. The summed E-state index contributed by atoms with van der Waals surface area (Å²) in [5.41, 5.74) is 0. The van der Waals surface area contributed by atoms with Gasteiger partial charge in [0.1, 0.15) is 0 Å². The molecule has 0 aromatic heterocycles. The van der Waals surface area contributed by atoms with Gasteiger partial charge in [0.05, 0.1) is 13.0 Å². The number of hydrogen-bond acceptors (Lipinski definition) is 5. The van der Waals surface area contributed by atoms with E-state index in [1.54, 1.807) is 9.12 Å². The number of esters is 1. The van der Waals surface area contributed by atoms with E-state index in [2.05, 4.69) is 37.0 Å². The summed E-state index contributed by atoms with van der Waals surface area (Å²) in [5, 5.41) is 0. The van der Waals surface area contributed by atoms with Crippen molar-refractivity contribution < 1.29 is 9.53 Å². The van der Waals surface area contributed by atoms with Crippen LogP contribution in [0.3, 0.4) is 0 Å². The van der Waals surface area contributed by atoms with Gasteiger partial charge in [-0.05, 0) is 41.9 Å². The topological polar surface area (TPSA) is 32.8 Å². The zero-order valence-electron chi connectivity index (χ0n) is 15.8. The van der Waals surface area contributed by atoms with Crippen molar-refractivity contribution in [3.05, 3.63) is 12.7 Å². The molecule has 0 saturated carbocycles. The summed E-state index contributed by atoms with van der Waals surface area (Å²) in [6, 6.07) is 0.300. The average molecular weight is 482 g/mol. The molecule has 0 bridgehead atoms. The van der Waals surface area contributed by atoms with Crippen LogP contribution in [0.5, 0.6) is 0 Å². The molecule has 1 saturated heterocycles. The van der Waals surface area contributed by atoms with Crippen molar-refractivity contribution in [2.24, 2.45) is 0 Å². The van der Waals surface area contributed by atoms with Crippen LogP contribution in [0.25, 0.3) is 0 Å². The van der Waals surface area contributed by atoms with Crippen molar-refractivity contribution in [3.8, 4) is 0 Å². The minimum absolute atomic E-state index is 0.0580. The first-order valence-electron chi connectivity index (χ1n) is 9.75. The number of rotatable bonds is 14. The first-order valence-corrected chi connectivity index (χ1v) is 13.1. The highest BCUT2D eigenvalue weighted by molar-refractivity contribution is 14.2. The predicted octanol–water partition coefficient (Wildman–Crippen LogP) is 5.23. The molecule has 1 aliphatic heterocycles. The second-order valence-corrected chi connectivity index (χ2v) is 8.54. The number of allylic oxidation sites excluding steroid dienone is 1. The van der Waals surface area contributed by atoms with Crippen LogP contribution >= 0.6 is 30.3 Å². The third-order valence-corrected chi connectivity index (χ3v) is 6.92. The number of carbonyl (C=O) groups is 1. The maximum absolute atomic E-state index is 11.9. The maximum Gasteiger partial charge on any atom is 0.307 e. The molecule has 0 aliphatic carbocycles. The van der Waals surface area contributed by atoms with Crippen LogP contribution < -0.4 is 0 Å². The smallest absolute Gasteiger partial charge is 0.307 e. The molecule has 1 fully saturated rings. The number of ether oxygens (including phenoxy) is 1. The van der Waals surface area contributed by atoms with Crippen molar-refractivity contribution >= 4 is 36.3 Å². The quantitative estimate of drug-likeness (QED) is 0.111. The zero-order chi connectivity index (χ0) is 18.3. The molecule has 0 spiro atoms. The first-order chi connectivity index (χ1) is 12.2. The highest BCUT2D eigenvalue weighted by Gasteiger charge is 2.28. The molecule has 1 unspecified atom stereocenters. The van der Waals surface area contributed by atoms with Gasteiger partial charge in [0.25, 0.3) is 0 Å². The number of halogens is 1. The Balaban J connectivity index is 2.21. The molecule has 1 atom stereocenters. The first kappa shape index (κ1) is 23.2. The van der Waals surface area contributed by atoms with Crippen LogP contribution in [-0.4, -0.2) is 54.0 Å². The zero-order valence-corrected chi connectivity index (χ0v) is 18.7. The van der Waals surface area contributed by atoms with E-state index in [-0.39, 0.29) is 5.97 Å². The molecular weight excluding hydrogens is 447 g/mol. The Kier molecular flexibility index (Phi) is 14.2. The predicted molar refractivity (Wildman–Crippen MR) is 117 cm³/mol. The molecular formula is C19H35IN2O2S. The monoisotopic (exact) mass is 482 g/mol. The average Bonchev–Trinajstić information content (AvgIpc) is 2.61. The lowest BCUT2D eigenvalue weighted by Crippen LogP contribution is -2.51. The third-order valence-electron chi connectivity index (χ3n) is 4.73. The van der Waals surface area contributed by atoms with Gasteiger partial charge in [0, 0.05) is 46.9 Å². The van der Waals surface area contributed by atoms with Crippen molar-refractivity contribution in [1.29, 1.82) is 0 Å². The second kappa shape index (κ2) is 15.3. The van der Waals surface area contributed by atoms with E-state index >= 15 is 0 Å². The van der Waals surface area contributed by atoms with E-state index in [0.717, 1.165) is 32.6 Å². The van der Waals surface area contributed by atoms with E-state index in [0.29, 0.717) is 19.1 Å². The van der Waals surface area contributed by atoms with Gasteiger partial charge >= 0.3 is 5.97 Å². The molecule has 6 heteroatoms. The fourth-order valence-electron chi connectivity index (χ4n) is 3.31. The van der Waals surface area contributed by atoms with Crippen molar-refractivity contribution in [2.45, 2.75) is 70.8 Å². The highest BCUT2D eigenvalue weighted by Crippen LogP contribution is 2.24. The van der Waals surface area contributed by atoms with Crippen LogP contribution in [0.2, 0.25) is 0 Å². The van der Waals surface area contributed by atoms with Gasteiger partial charge in [0.2, 0.25) is 0 Å². The van der Waals surface area contributed by atoms with E-state index in [4.69, 9.17) is 4.74 Å². The van der Waals surface area contributed by atoms with E-state index in [1.807, 2.05) is 13.0 Å². The standard InChI is InChI=1S/C19H35IN2O2S/c1-3-5-6-7-8-9-10-11-12-13-21-14-15-22(25-20)17-18(21)16-19(23)24-4-2/h3,18H,1,4-17H2,2H3. The number of nitrogens with zero attached hydrogens (tertiary/aromatic N) is 2. The van der Waals surface area contributed by atoms with Crippen LogP contribution in [0.1, 0.15) is 64.7 Å². The largest absolute Gasteiger partial charge is 0.466 e. The summed E-state index contributed by atoms with van der Waals surface area (Å²) >= 11 is 2.33. The molecule has 0 aromatic rings. The van der Waals surface area contributed by atoms with Gasteiger partial charge in [0.15, 0.2) is 0 Å². The van der Waals surface area contributed by atoms with Crippen LogP contribution in [-0.2, 0) is 9.53 Å². The van der Waals surface area contributed by atoms with E-state index < -0.39 is 0 Å². The fraction of sp³-hybridized carbons (Fsp3) is 0.842. The Morgan fingerprint density at radius 3 is 2.52 bits per heavy atom. The molecule has 146 valence electrons. The van der Waals surface area contributed by atoms with Gasteiger partial charge in [-0.2, -0.15) is 0 Å². The summed E-state index contributed by atoms with van der Waals surface area (Å²) in [5.74, 6) is -0.0580. The summed E-state index contributed by atoms with van der Waals surface area (Å²) in [7, 11) is 1.75. The Bertz CT molecular complexity index is 371. The number of carbonyl (C=O) groups excluding carboxylic acids is 1. The fourth-order valence-corrected chi connectivity index (χ4v) is 4.77. The number of piperazine rings is 1. The maximum atomic E-state index is 11.9. The lowest BCUT2D eigenvalue weighted by Gasteiger charge is -2.39. The molecule has 0 radical (unpaired) electrons. The summed E-state index contributed by atoms with van der Waals surface area (Å²) in [6.45, 7) is 10.3. The lowest BCUT2D eigenvalue weighted by atomic mass is 10.1. The molecule has 0 N–H and O–H groups in total. The van der Waals surface area contributed by atoms with Crippen LogP contribution in [0, 0.1) is 0 Å². The van der Waals surface area contributed by atoms with Gasteiger partial charge in [-0.15, -0.1) is 6.58 Å². The normalized spacial score (nSPS) is 19.0. The van der Waals surface area contributed by atoms with Crippen LogP contribution in [0.15, 0.2) is 12.7 Å². The van der Waals surface area contributed by atoms with Gasteiger partial charge in [-0.1, -0.05) is 38.2 Å².